The van der Waals surface area contributed by atoms with E-state index in [9.17, 15) is 17.6 Å². The maximum atomic E-state index is 12.9. The number of hydrogen-bond donors (Lipinski definition) is 1. The number of hydrogen-bond acceptors (Lipinski definition) is 3. The Hall–Kier alpha value is -1.76. The summed E-state index contributed by atoms with van der Waals surface area (Å²) >= 11 is 0. The van der Waals surface area contributed by atoms with Gasteiger partial charge in [0.25, 0.3) is 0 Å². The van der Waals surface area contributed by atoms with Gasteiger partial charge in [0, 0.05) is 6.54 Å². The summed E-state index contributed by atoms with van der Waals surface area (Å²) < 4.78 is 57.1. The van der Waals surface area contributed by atoms with Crippen LogP contribution in [0.15, 0.2) is 36.2 Å². The molecule has 0 saturated carbocycles. The van der Waals surface area contributed by atoms with Crippen molar-refractivity contribution in [3.05, 3.63) is 36.2 Å². The summed E-state index contributed by atoms with van der Waals surface area (Å²) in [5, 5.41) is 0. The van der Waals surface area contributed by atoms with Gasteiger partial charge in [-0.05, 0) is 30.3 Å². The van der Waals surface area contributed by atoms with Crippen LogP contribution in [0.5, 0.6) is 11.5 Å². The predicted octanol–water partition coefficient (Wildman–Crippen LogP) is 3.80. The third-order valence-electron chi connectivity index (χ3n) is 1.77. The first-order valence-electron chi connectivity index (χ1n) is 5.94. The molecule has 0 radical (unpaired) electrons. The highest BCUT2D eigenvalue weighted by atomic mass is 19.4. The third-order valence-corrected chi connectivity index (χ3v) is 1.77. The normalized spacial score (nSPS) is 11.4. The highest BCUT2D eigenvalue weighted by Gasteiger charge is 2.30. The average molecular weight is 295 g/mol. The molecule has 0 atom stereocenters. The van der Waals surface area contributed by atoms with Gasteiger partial charge in [-0.15, -0.1) is 13.2 Å². The second kappa shape index (κ2) is 9.19. The van der Waals surface area contributed by atoms with E-state index in [4.69, 9.17) is 10.5 Å². The molecule has 7 heteroatoms. The fourth-order valence-electron chi connectivity index (χ4n) is 1.08. The molecular weight excluding hydrogens is 278 g/mol. The Kier molecular flexibility index (Phi) is 8.38. The minimum absolute atomic E-state index is 0.0492. The van der Waals surface area contributed by atoms with Gasteiger partial charge in [0.05, 0.1) is 0 Å². The van der Waals surface area contributed by atoms with E-state index in [1.165, 1.54) is 12.1 Å². The van der Waals surface area contributed by atoms with E-state index in [-0.39, 0.29) is 24.7 Å². The zero-order valence-corrected chi connectivity index (χ0v) is 11.2. The molecule has 0 aliphatic rings. The van der Waals surface area contributed by atoms with Crippen LogP contribution in [-0.4, -0.2) is 19.5 Å². The fraction of sp³-hybridized carbons (Fsp3) is 0.385. The van der Waals surface area contributed by atoms with E-state index in [0.29, 0.717) is 0 Å². The summed E-state index contributed by atoms with van der Waals surface area (Å²) in [7, 11) is 0. The van der Waals surface area contributed by atoms with Gasteiger partial charge in [0.2, 0.25) is 0 Å². The van der Waals surface area contributed by atoms with Crippen molar-refractivity contribution in [3.63, 3.8) is 0 Å². The van der Waals surface area contributed by atoms with Crippen LogP contribution in [0.1, 0.15) is 13.8 Å². The van der Waals surface area contributed by atoms with Crippen LogP contribution in [0.25, 0.3) is 0 Å². The summed E-state index contributed by atoms with van der Waals surface area (Å²) in [5.74, 6) is -0.689. The van der Waals surface area contributed by atoms with Crippen molar-refractivity contribution in [2.45, 2.75) is 20.2 Å². The standard InChI is InChI=1S/C11H11F4NO2.C2H6/c12-8(5-6-16)7-17-9-1-3-10(4-2-9)18-11(13,14)15;1-2/h1-5H,6-7,16H2;1-2H3/b8-5+;. The molecule has 0 saturated heterocycles. The summed E-state index contributed by atoms with van der Waals surface area (Å²) in [4.78, 5) is 0. The highest BCUT2D eigenvalue weighted by molar-refractivity contribution is 5.31. The summed E-state index contributed by atoms with van der Waals surface area (Å²) in [5.41, 5.74) is 5.08. The topological polar surface area (TPSA) is 44.5 Å². The third kappa shape index (κ3) is 8.36. The predicted molar refractivity (Wildman–Crippen MR) is 68.2 cm³/mol. The van der Waals surface area contributed by atoms with E-state index >= 15 is 0 Å². The molecule has 20 heavy (non-hydrogen) atoms. The molecule has 1 rings (SSSR count). The van der Waals surface area contributed by atoms with Crippen molar-refractivity contribution in [2.24, 2.45) is 5.73 Å². The lowest BCUT2D eigenvalue weighted by Gasteiger charge is -2.09. The maximum absolute atomic E-state index is 12.9. The van der Waals surface area contributed by atoms with Crippen molar-refractivity contribution in [1.82, 2.24) is 0 Å². The Morgan fingerprint density at radius 1 is 1.15 bits per heavy atom. The van der Waals surface area contributed by atoms with Crippen molar-refractivity contribution >= 4 is 0 Å². The lowest BCUT2D eigenvalue weighted by molar-refractivity contribution is -0.274. The largest absolute Gasteiger partial charge is 0.573 e. The fourth-order valence-corrected chi connectivity index (χ4v) is 1.08. The Morgan fingerprint density at radius 3 is 2.10 bits per heavy atom. The molecule has 0 aromatic heterocycles. The molecule has 0 amide bonds. The molecule has 0 fully saturated rings. The van der Waals surface area contributed by atoms with Crippen LogP contribution >= 0.6 is 0 Å². The first kappa shape index (κ1) is 18.2. The van der Waals surface area contributed by atoms with Gasteiger partial charge >= 0.3 is 6.36 Å². The molecule has 1 aromatic carbocycles. The molecule has 2 N–H and O–H groups in total. The molecule has 114 valence electrons. The van der Waals surface area contributed by atoms with Crippen molar-refractivity contribution in [3.8, 4) is 11.5 Å². The Morgan fingerprint density at radius 2 is 1.65 bits per heavy atom. The van der Waals surface area contributed by atoms with E-state index in [1.54, 1.807) is 0 Å². The number of halogens is 4. The number of nitrogens with two attached hydrogens (primary N) is 1. The highest BCUT2D eigenvalue weighted by Crippen LogP contribution is 2.24. The average Bonchev–Trinajstić information content (AvgIpc) is 2.39. The van der Waals surface area contributed by atoms with Gasteiger partial charge in [0.1, 0.15) is 23.9 Å². The van der Waals surface area contributed by atoms with Gasteiger partial charge < -0.3 is 15.2 Å². The van der Waals surface area contributed by atoms with Gasteiger partial charge in [-0.1, -0.05) is 13.8 Å². The molecule has 3 nitrogen and oxygen atoms in total. The monoisotopic (exact) mass is 295 g/mol. The minimum Gasteiger partial charge on any atom is -0.487 e. The Bertz CT molecular complexity index is 402. The Balaban J connectivity index is 0.00000172. The van der Waals surface area contributed by atoms with E-state index in [2.05, 4.69) is 4.74 Å². The van der Waals surface area contributed by atoms with Crippen LogP contribution < -0.4 is 15.2 Å². The lowest BCUT2D eigenvalue weighted by atomic mass is 10.3. The number of alkyl halides is 3. The van der Waals surface area contributed by atoms with Gasteiger partial charge in [-0.25, -0.2) is 4.39 Å². The van der Waals surface area contributed by atoms with E-state index < -0.39 is 12.2 Å². The molecular formula is C13H17F4NO2. The Labute approximate surface area is 115 Å². The van der Waals surface area contributed by atoms with E-state index in [1.807, 2.05) is 13.8 Å². The molecule has 0 heterocycles. The van der Waals surface area contributed by atoms with Crippen LogP contribution in [0.3, 0.4) is 0 Å². The van der Waals surface area contributed by atoms with Crippen molar-refractivity contribution < 1.29 is 27.0 Å². The minimum atomic E-state index is -4.74. The SMILES string of the molecule is CC.NC/C=C(/F)COc1ccc(OC(F)(F)F)cc1. The summed E-state index contributed by atoms with van der Waals surface area (Å²) in [6.45, 7) is 3.73. The molecule has 0 aliphatic carbocycles. The smallest absolute Gasteiger partial charge is 0.487 e. The summed E-state index contributed by atoms with van der Waals surface area (Å²) in [6.07, 6.45) is -3.60. The second-order valence-electron chi connectivity index (χ2n) is 3.19. The number of rotatable bonds is 5. The van der Waals surface area contributed by atoms with Crippen LogP contribution in [0, 0.1) is 0 Å². The lowest BCUT2D eigenvalue weighted by Crippen LogP contribution is -2.16. The first-order chi connectivity index (χ1) is 9.40. The van der Waals surface area contributed by atoms with Crippen molar-refractivity contribution in [2.75, 3.05) is 13.2 Å². The molecule has 1 aromatic rings. The van der Waals surface area contributed by atoms with Crippen LogP contribution in [0.2, 0.25) is 0 Å². The maximum Gasteiger partial charge on any atom is 0.573 e. The number of ether oxygens (including phenoxy) is 2. The van der Waals surface area contributed by atoms with Crippen LogP contribution in [-0.2, 0) is 0 Å². The molecule has 0 aliphatic heterocycles. The zero-order valence-electron chi connectivity index (χ0n) is 11.2. The molecule has 0 unspecified atom stereocenters. The molecule has 0 spiro atoms. The quantitative estimate of drug-likeness (QED) is 0.840. The van der Waals surface area contributed by atoms with Gasteiger partial charge in [-0.3, -0.25) is 0 Å². The molecule has 0 bridgehead atoms. The van der Waals surface area contributed by atoms with Crippen LogP contribution in [0.4, 0.5) is 17.6 Å². The zero-order chi connectivity index (χ0) is 15.6. The van der Waals surface area contributed by atoms with E-state index in [0.717, 1.165) is 18.2 Å². The van der Waals surface area contributed by atoms with Crippen molar-refractivity contribution in [1.29, 1.82) is 0 Å². The number of benzene rings is 1. The second-order valence-corrected chi connectivity index (χ2v) is 3.19. The summed E-state index contributed by atoms with van der Waals surface area (Å²) in [6, 6.07) is 4.65. The first-order valence-corrected chi connectivity index (χ1v) is 5.94. The van der Waals surface area contributed by atoms with Gasteiger partial charge in [-0.2, -0.15) is 0 Å². The van der Waals surface area contributed by atoms with Gasteiger partial charge in [0.15, 0.2) is 0 Å².